The van der Waals surface area contributed by atoms with Crippen LogP contribution in [0, 0.1) is 5.82 Å². The second-order valence-electron chi connectivity index (χ2n) is 7.09. The largest absolute Gasteiger partial charge is 0.490 e. The number of nitrogens with zero attached hydrogens (tertiary/aromatic N) is 1. The van der Waals surface area contributed by atoms with Crippen molar-refractivity contribution in [2.24, 2.45) is 0 Å². The number of amides is 1. The number of ether oxygens (including phenoxy) is 2. The number of anilines is 1. The Hall–Kier alpha value is -2.22. The molecule has 1 aliphatic rings. The highest BCUT2D eigenvalue weighted by molar-refractivity contribution is 9.10. The molecule has 0 radical (unpaired) electrons. The molecule has 166 valence electrons. The third-order valence-corrected chi connectivity index (χ3v) is 6.92. The quantitative estimate of drug-likeness (QED) is 0.326. The van der Waals surface area contributed by atoms with Crippen LogP contribution >= 0.6 is 39.3 Å². The van der Waals surface area contributed by atoms with Crippen molar-refractivity contribution in [3.05, 3.63) is 87.1 Å². The average molecular weight is 537 g/mol. The second-order valence-corrected chi connectivity index (χ2v) is 9.44. The van der Waals surface area contributed by atoms with E-state index in [9.17, 15) is 9.18 Å². The van der Waals surface area contributed by atoms with Crippen LogP contribution in [-0.4, -0.2) is 18.3 Å². The van der Waals surface area contributed by atoms with Crippen molar-refractivity contribution in [2.75, 3.05) is 17.3 Å². The topological polar surface area (TPSA) is 38.8 Å². The maximum atomic E-state index is 13.5. The van der Waals surface area contributed by atoms with Gasteiger partial charge in [-0.25, -0.2) is 4.39 Å². The summed E-state index contributed by atoms with van der Waals surface area (Å²) in [6, 6.07) is 17.3. The fraction of sp³-hybridized carbons (Fsp3) is 0.208. The molecule has 32 heavy (non-hydrogen) atoms. The number of carbonyl (C=O) groups is 1. The van der Waals surface area contributed by atoms with Gasteiger partial charge in [0.15, 0.2) is 11.5 Å². The molecule has 4 nitrogen and oxygen atoms in total. The predicted octanol–water partition coefficient (Wildman–Crippen LogP) is 7.00. The van der Waals surface area contributed by atoms with Gasteiger partial charge in [0.2, 0.25) is 5.91 Å². The summed E-state index contributed by atoms with van der Waals surface area (Å²) in [6.45, 7) is 2.54. The van der Waals surface area contributed by atoms with Crippen LogP contribution in [0.15, 0.2) is 65.1 Å². The van der Waals surface area contributed by atoms with Crippen molar-refractivity contribution < 1.29 is 18.7 Å². The number of thioether (sulfide) groups is 1. The summed E-state index contributed by atoms with van der Waals surface area (Å²) < 4.78 is 26.0. The summed E-state index contributed by atoms with van der Waals surface area (Å²) in [6.07, 6.45) is 0. The molecular weight excluding hydrogens is 517 g/mol. The molecule has 0 aromatic heterocycles. The van der Waals surface area contributed by atoms with E-state index in [1.165, 1.54) is 12.1 Å². The van der Waals surface area contributed by atoms with Gasteiger partial charge in [-0.15, -0.1) is 11.8 Å². The molecule has 4 rings (SSSR count). The van der Waals surface area contributed by atoms with E-state index < -0.39 is 0 Å². The molecule has 0 unspecified atom stereocenters. The summed E-state index contributed by atoms with van der Waals surface area (Å²) in [4.78, 5) is 14.4. The number of halogens is 3. The van der Waals surface area contributed by atoms with E-state index in [-0.39, 0.29) is 23.7 Å². The minimum Gasteiger partial charge on any atom is -0.490 e. The smallest absolute Gasteiger partial charge is 0.238 e. The van der Waals surface area contributed by atoms with E-state index in [2.05, 4.69) is 15.9 Å². The zero-order valence-corrected chi connectivity index (χ0v) is 20.3. The molecule has 3 aromatic carbocycles. The Morgan fingerprint density at radius 2 is 1.94 bits per heavy atom. The van der Waals surface area contributed by atoms with Gasteiger partial charge in [-0.1, -0.05) is 23.7 Å². The molecule has 1 amide bonds. The molecule has 3 aromatic rings. The standard InChI is InChI=1S/C24H20BrClFNO3S/c1-2-30-21-12-16(11-20(25)23(21)31-13-15-4-3-5-18(27)10-15)24-28(22(29)14-32-24)19-8-6-17(26)7-9-19/h3-12,24H,2,13-14H2,1H3/t24-/m0/s1. The molecule has 0 saturated carbocycles. The Balaban J connectivity index is 1.64. The zero-order chi connectivity index (χ0) is 22.7. The number of hydrogen-bond acceptors (Lipinski definition) is 4. The van der Waals surface area contributed by atoms with Gasteiger partial charge in [0.05, 0.1) is 16.8 Å². The third kappa shape index (κ3) is 5.05. The van der Waals surface area contributed by atoms with Crippen LogP contribution in [0.4, 0.5) is 10.1 Å². The monoisotopic (exact) mass is 535 g/mol. The SMILES string of the molecule is CCOc1cc([C@@H]2SCC(=O)N2c2ccc(Cl)cc2)cc(Br)c1OCc1cccc(F)c1. The van der Waals surface area contributed by atoms with Crippen molar-refractivity contribution in [3.8, 4) is 11.5 Å². The van der Waals surface area contributed by atoms with E-state index in [4.69, 9.17) is 21.1 Å². The Bertz CT molecular complexity index is 1130. The van der Waals surface area contributed by atoms with Crippen LogP contribution < -0.4 is 14.4 Å². The molecule has 1 heterocycles. The highest BCUT2D eigenvalue weighted by atomic mass is 79.9. The number of carbonyl (C=O) groups excluding carboxylic acids is 1. The minimum absolute atomic E-state index is 0.0304. The predicted molar refractivity (Wildman–Crippen MR) is 130 cm³/mol. The Morgan fingerprint density at radius 1 is 1.16 bits per heavy atom. The first kappa shape index (κ1) is 23.0. The molecule has 1 saturated heterocycles. The maximum Gasteiger partial charge on any atom is 0.238 e. The molecule has 1 atom stereocenters. The average Bonchev–Trinajstić information content (AvgIpc) is 3.15. The molecule has 1 aliphatic heterocycles. The minimum atomic E-state index is -0.309. The van der Waals surface area contributed by atoms with Crippen LogP contribution in [0.25, 0.3) is 0 Å². The van der Waals surface area contributed by atoms with E-state index in [0.717, 1.165) is 11.3 Å². The number of hydrogen-bond donors (Lipinski definition) is 0. The molecule has 0 bridgehead atoms. The van der Waals surface area contributed by atoms with E-state index >= 15 is 0 Å². The normalized spacial score (nSPS) is 15.8. The van der Waals surface area contributed by atoms with E-state index in [1.54, 1.807) is 40.9 Å². The Kier molecular flexibility index (Phi) is 7.28. The highest BCUT2D eigenvalue weighted by Crippen LogP contribution is 2.46. The van der Waals surface area contributed by atoms with E-state index in [0.29, 0.717) is 38.9 Å². The van der Waals surface area contributed by atoms with Gasteiger partial charge >= 0.3 is 0 Å². The first-order valence-corrected chi connectivity index (χ1v) is 12.2. The summed E-state index contributed by atoms with van der Waals surface area (Å²) >= 11 is 11.2. The van der Waals surface area contributed by atoms with Gasteiger partial charge in [-0.05, 0) is 82.5 Å². The van der Waals surface area contributed by atoms with Crippen molar-refractivity contribution in [3.63, 3.8) is 0 Å². The molecule has 0 N–H and O–H groups in total. The fourth-order valence-corrected chi connectivity index (χ4v) is 5.32. The van der Waals surface area contributed by atoms with Gasteiger partial charge in [0, 0.05) is 10.7 Å². The number of rotatable bonds is 7. The third-order valence-electron chi connectivity index (χ3n) is 4.86. The van der Waals surface area contributed by atoms with Crippen LogP contribution in [0.1, 0.15) is 23.4 Å². The van der Waals surface area contributed by atoms with Crippen LogP contribution in [0.2, 0.25) is 5.02 Å². The summed E-state index contributed by atoms with van der Waals surface area (Å²) in [7, 11) is 0. The molecule has 0 aliphatic carbocycles. The maximum absolute atomic E-state index is 13.5. The first-order chi connectivity index (χ1) is 15.5. The van der Waals surface area contributed by atoms with Crippen molar-refractivity contribution in [1.29, 1.82) is 0 Å². The lowest BCUT2D eigenvalue weighted by molar-refractivity contribution is -0.115. The fourth-order valence-electron chi connectivity index (χ4n) is 3.47. The van der Waals surface area contributed by atoms with Gasteiger partial charge in [0.25, 0.3) is 0 Å². The highest BCUT2D eigenvalue weighted by Gasteiger charge is 2.35. The number of benzene rings is 3. The van der Waals surface area contributed by atoms with Gasteiger partial charge < -0.3 is 9.47 Å². The summed E-state index contributed by atoms with van der Waals surface area (Å²) in [5.41, 5.74) is 2.41. The second kappa shape index (κ2) is 10.1. The molecule has 8 heteroatoms. The van der Waals surface area contributed by atoms with Crippen LogP contribution in [-0.2, 0) is 11.4 Å². The van der Waals surface area contributed by atoms with Gasteiger partial charge in [-0.3, -0.25) is 9.69 Å². The molecular formula is C24H20BrClFNO3S. The van der Waals surface area contributed by atoms with Crippen molar-refractivity contribution in [1.82, 2.24) is 0 Å². The van der Waals surface area contributed by atoms with E-state index in [1.807, 2.05) is 31.2 Å². The van der Waals surface area contributed by atoms with Crippen LogP contribution in [0.5, 0.6) is 11.5 Å². The first-order valence-electron chi connectivity index (χ1n) is 9.99. The lowest BCUT2D eigenvalue weighted by Gasteiger charge is -2.25. The van der Waals surface area contributed by atoms with Gasteiger partial charge in [0.1, 0.15) is 17.8 Å². The molecule has 0 spiro atoms. The van der Waals surface area contributed by atoms with Crippen molar-refractivity contribution >= 4 is 50.9 Å². The Morgan fingerprint density at radius 3 is 2.66 bits per heavy atom. The lowest BCUT2D eigenvalue weighted by atomic mass is 10.1. The van der Waals surface area contributed by atoms with Crippen molar-refractivity contribution in [2.45, 2.75) is 18.9 Å². The Labute approximate surface area is 203 Å². The lowest BCUT2D eigenvalue weighted by Crippen LogP contribution is -2.27. The zero-order valence-electron chi connectivity index (χ0n) is 17.2. The van der Waals surface area contributed by atoms with Gasteiger partial charge in [-0.2, -0.15) is 0 Å². The van der Waals surface area contributed by atoms with Crippen LogP contribution in [0.3, 0.4) is 0 Å². The summed E-state index contributed by atoms with van der Waals surface area (Å²) in [5.74, 6) is 1.20. The summed E-state index contributed by atoms with van der Waals surface area (Å²) in [5, 5.41) is 0.405. The molecule has 1 fully saturated rings.